The summed E-state index contributed by atoms with van der Waals surface area (Å²) in [5.74, 6) is 0. The van der Waals surface area contributed by atoms with Crippen LogP contribution in [0.1, 0.15) is 87.7 Å². The summed E-state index contributed by atoms with van der Waals surface area (Å²) < 4.78 is 31.6. The Hall–Kier alpha value is -5.05. The molecule has 52 heavy (non-hydrogen) atoms. The van der Waals surface area contributed by atoms with Gasteiger partial charge in [-0.3, -0.25) is 13.9 Å². The maximum atomic E-state index is 12.1. The van der Waals surface area contributed by atoms with Gasteiger partial charge in [0.25, 0.3) is 0 Å². The lowest BCUT2D eigenvalue weighted by molar-refractivity contribution is -0.0299. The molecule has 14 heteroatoms. The summed E-state index contributed by atoms with van der Waals surface area (Å²) in [6.07, 6.45) is 15.6. The molecule has 0 amide bonds. The zero-order chi connectivity index (χ0) is 36.1. The van der Waals surface area contributed by atoms with Crippen LogP contribution in [0, 0.1) is 0 Å². The number of hydrogen-bond acceptors (Lipinski definition) is 10. The molecule has 2 aromatic carbocycles. The van der Waals surface area contributed by atoms with Crippen LogP contribution < -0.4 is 0 Å². The van der Waals surface area contributed by atoms with Crippen molar-refractivity contribution in [2.24, 2.45) is 4.40 Å². The van der Waals surface area contributed by atoms with Gasteiger partial charge in [0.15, 0.2) is 11.3 Å². The molecule has 2 saturated heterocycles. The highest BCUT2D eigenvalue weighted by Gasteiger charge is 2.22. The largest absolute Gasteiger partial charge is 0.358 e. The van der Waals surface area contributed by atoms with Crippen molar-refractivity contribution in [1.82, 2.24) is 39.0 Å². The Labute approximate surface area is 304 Å². The van der Waals surface area contributed by atoms with Gasteiger partial charge in [0.05, 0.1) is 17.4 Å². The molecule has 13 nitrogen and oxygen atoms in total. The number of imidazole rings is 2. The van der Waals surface area contributed by atoms with Crippen LogP contribution in [0.5, 0.6) is 0 Å². The van der Waals surface area contributed by atoms with E-state index in [9.17, 15) is 9.00 Å². The summed E-state index contributed by atoms with van der Waals surface area (Å²) in [4.78, 5) is 37.5. The molecule has 0 aliphatic carbocycles. The van der Waals surface area contributed by atoms with Gasteiger partial charge in [-0.15, -0.1) is 0 Å². The predicted molar refractivity (Wildman–Crippen MR) is 200 cm³/mol. The molecule has 8 rings (SSSR count). The summed E-state index contributed by atoms with van der Waals surface area (Å²) in [6, 6.07) is 15.1. The summed E-state index contributed by atoms with van der Waals surface area (Å²) in [6.45, 7) is 7.25. The first-order valence-corrected chi connectivity index (χ1v) is 18.6. The van der Waals surface area contributed by atoms with Crippen LogP contribution in [-0.4, -0.2) is 73.7 Å². The first-order chi connectivity index (χ1) is 25.3. The highest BCUT2D eigenvalue weighted by molar-refractivity contribution is 7.85. The van der Waals surface area contributed by atoms with Crippen LogP contribution in [-0.2, 0) is 20.5 Å². The highest BCUT2D eigenvalue weighted by Crippen LogP contribution is 2.31. The van der Waals surface area contributed by atoms with E-state index in [4.69, 9.17) is 9.47 Å². The van der Waals surface area contributed by atoms with Gasteiger partial charge in [0.1, 0.15) is 64.8 Å². The zero-order valence-electron chi connectivity index (χ0n) is 29.5. The Morgan fingerprint density at radius 1 is 0.692 bits per heavy atom. The van der Waals surface area contributed by atoms with Gasteiger partial charge in [0.2, 0.25) is 0 Å². The lowest BCUT2D eigenvalue weighted by atomic mass is 10.1. The molecular weight excluding hydrogens is 679 g/mol. The van der Waals surface area contributed by atoms with Crippen molar-refractivity contribution >= 4 is 45.8 Å². The molecule has 3 unspecified atom stereocenters. The van der Waals surface area contributed by atoms with Crippen molar-refractivity contribution in [2.45, 2.75) is 76.5 Å². The molecule has 2 aliphatic heterocycles. The summed E-state index contributed by atoms with van der Waals surface area (Å²) in [7, 11) is -1.27. The van der Waals surface area contributed by atoms with Crippen molar-refractivity contribution in [3.8, 4) is 22.5 Å². The number of ether oxygens (including phenoxy) is 2. The zero-order valence-corrected chi connectivity index (χ0v) is 30.3. The molecule has 2 aliphatic rings. The summed E-state index contributed by atoms with van der Waals surface area (Å²) in [5.41, 5.74) is 8.01. The maximum absolute atomic E-state index is 12.1. The number of hydrogen-bond donors (Lipinski definition) is 0. The van der Waals surface area contributed by atoms with Gasteiger partial charge in [-0.05, 0) is 64.9 Å². The van der Waals surface area contributed by atoms with Gasteiger partial charge in [-0.1, -0.05) is 48.5 Å². The average Bonchev–Trinajstić information content (AvgIpc) is 3.83. The van der Waals surface area contributed by atoms with Crippen LogP contribution in [0.3, 0.4) is 0 Å². The second-order valence-electron chi connectivity index (χ2n) is 13.7. The lowest BCUT2D eigenvalue weighted by Gasteiger charge is -2.23. The fraction of sp³-hybridized carbons (Fsp3) is 0.368. The first kappa shape index (κ1) is 35.4. The molecule has 4 aromatic heterocycles. The minimum Gasteiger partial charge on any atom is -0.358 e. The molecular formula is C38H41N9O4S. The molecule has 6 heterocycles. The lowest BCUT2D eigenvalue weighted by Crippen LogP contribution is -2.19. The smallest absolute Gasteiger partial charge is 0.165 e. The third-order valence-corrected chi connectivity index (χ3v) is 10.3. The molecule has 2 fully saturated rings. The molecule has 0 saturated carbocycles. The Morgan fingerprint density at radius 2 is 1.17 bits per heavy atom. The molecule has 0 spiro atoms. The Morgan fingerprint density at radius 3 is 1.60 bits per heavy atom. The quantitative estimate of drug-likeness (QED) is 0.124. The Bertz CT molecular complexity index is 2200. The monoisotopic (exact) mass is 719 g/mol. The average molecular weight is 720 g/mol. The van der Waals surface area contributed by atoms with E-state index in [0.29, 0.717) is 5.56 Å². The van der Waals surface area contributed by atoms with E-state index in [-0.39, 0.29) is 17.2 Å². The number of carbonyl (C=O) groups is 1. The van der Waals surface area contributed by atoms with Gasteiger partial charge in [-0.25, -0.2) is 34.1 Å². The maximum Gasteiger partial charge on any atom is 0.165 e. The van der Waals surface area contributed by atoms with Crippen molar-refractivity contribution in [3.05, 3.63) is 85.0 Å². The fourth-order valence-corrected chi connectivity index (χ4v) is 6.68. The molecule has 6 aromatic rings. The highest BCUT2D eigenvalue weighted by atomic mass is 32.2. The van der Waals surface area contributed by atoms with Crippen LogP contribution in [0.15, 0.2) is 78.2 Å². The second-order valence-corrected chi connectivity index (χ2v) is 15.6. The number of nitrogens with zero attached hydrogens (tertiary/aromatic N) is 9. The summed E-state index contributed by atoms with van der Waals surface area (Å²) >= 11 is 0. The van der Waals surface area contributed by atoms with Gasteiger partial charge in [0, 0.05) is 36.1 Å². The molecule has 0 radical (unpaired) electrons. The van der Waals surface area contributed by atoms with E-state index in [1.165, 1.54) is 0 Å². The Balaban J connectivity index is 0.000000166. The van der Waals surface area contributed by atoms with Crippen LogP contribution in [0.25, 0.3) is 44.8 Å². The molecule has 3 atom stereocenters. The number of carbonyl (C=O) groups excluding carboxylic acids is 1. The van der Waals surface area contributed by atoms with Gasteiger partial charge >= 0.3 is 0 Å². The first-order valence-electron chi connectivity index (χ1n) is 17.5. The molecule has 0 N–H and O–H groups in total. The fourth-order valence-electron chi connectivity index (χ4n) is 6.15. The normalized spacial score (nSPS) is 18.7. The van der Waals surface area contributed by atoms with Crippen molar-refractivity contribution < 1.29 is 18.5 Å². The van der Waals surface area contributed by atoms with Gasteiger partial charge < -0.3 is 9.47 Å². The number of aromatic nitrogens is 8. The molecule has 0 bridgehead atoms. The van der Waals surface area contributed by atoms with Crippen LogP contribution in [0.4, 0.5) is 0 Å². The van der Waals surface area contributed by atoms with E-state index < -0.39 is 11.0 Å². The van der Waals surface area contributed by atoms with E-state index in [2.05, 4.69) is 34.3 Å². The van der Waals surface area contributed by atoms with Crippen LogP contribution >= 0.6 is 0 Å². The SMILES string of the molecule is CC(C)(C)S(=O)N=Cc1ccc(-c2ncnc3c2ncn3C2CCCCO2)cc1.O=Cc1ccc(-c2ncnc3c2ncn3C2CCCCO2)cc1. The van der Waals surface area contributed by atoms with E-state index in [1.54, 1.807) is 43.7 Å². The predicted octanol–water partition coefficient (Wildman–Crippen LogP) is 7.08. The third-order valence-electron chi connectivity index (χ3n) is 8.98. The topological polar surface area (TPSA) is 152 Å². The third kappa shape index (κ3) is 7.73. The number of fused-ring (bicyclic) bond motifs is 2. The summed E-state index contributed by atoms with van der Waals surface area (Å²) in [5, 5.41) is 0. The van der Waals surface area contributed by atoms with E-state index in [0.717, 1.165) is 108 Å². The van der Waals surface area contributed by atoms with Crippen LogP contribution in [0.2, 0.25) is 0 Å². The van der Waals surface area contributed by atoms with E-state index >= 15 is 0 Å². The van der Waals surface area contributed by atoms with E-state index in [1.807, 2.05) is 66.3 Å². The minimum absolute atomic E-state index is 0.00561. The number of aldehydes is 1. The van der Waals surface area contributed by atoms with Crippen molar-refractivity contribution in [1.29, 1.82) is 0 Å². The second kappa shape index (κ2) is 15.7. The van der Waals surface area contributed by atoms with Gasteiger partial charge in [-0.2, -0.15) is 4.40 Å². The van der Waals surface area contributed by atoms with Crippen molar-refractivity contribution in [3.63, 3.8) is 0 Å². The standard InChI is InChI=1S/C21H25N5O2S.C17H16N4O2/c1-21(2,3)29(27)25-12-15-7-9-16(10-8-15)18-19-20(23-13-22-18)26(14-24-19)17-6-4-5-11-28-17;22-9-12-4-6-13(7-5-12)15-16-17(19-10-18-15)21(11-20-16)14-3-1-2-8-23-14/h7-10,12-14,17H,4-6,11H2,1-3H3;4-7,9-11,14H,1-3,8H2. The number of rotatable bonds is 7. The molecule has 268 valence electrons. The Kier molecular flexibility index (Phi) is 10.7. The number of benzene rings is 2. The minimum atomic E-state index is -1.27. The van der Waals surface area contributed by atoms with Crippen molar-refractivity contribution in [2.75, 3.05) is 13.2 Å².